The van der Waals surface area contributed by atoms with Crippen molar-refractivity contribution in [3.05, 3.63) is 29.3 Å². The minimum Gasteiger partial charge on any atom is -0.465 e. The molecule has 3 N–H and O–H groups in total. The van der Waals surface area contributed by atoms with Gasteiger partial charge in [0.25, 0.3) is 5.91 Å². The Balaban J connectivity index is 1.48. The number of nitrogens with one attached hydrogen (secondary N) is 2. The van der Waals surface area contributed by atoms with E-state index in [1.807, 2.05) is 6.07 Å². The average molecular weight is 315 g/mol. The molecule has 3 aliphatic rings. The van der Waals surface area contributed by atoms with E-state index < -0.39 is 6.09 Å². The third-order valence-corrected chi connectivity index (χ3v) is 5.41. The number of carbonyl (C=O) groups excluding carboxylic acids is 1. The SMILES string of the molecule is O=C1NCC2(CC2)c2ccc(NC3CCN(C(=O)O)CC3)cc21. The summed E-state index contributed by atoms with van der Waals surface area (Å²) in [5.41, 5.74) is 3.12. The van der Waals surface area contributed by atoms with Gasteiger partial charge >= 0.3 is 6.09 Å². The van der Waals surface area contributed by atoms with Gasteiger partial charge in [0.15, 0.2) is 0 Å². The Morgan fingerprint density at radius 1 is 1.30 bits per heavy atom. The van der Waals surface area contributed by atoms with Gasteiger partial charge in [-0.05, 0) is 43.4 Å². The Bertz CT molecular complexity index is 661. The number of fused-ring (bicyclic) bond motifs is 2. The standard InChI is InChI=1S/C17H21N3O3/c21-15-13-9-12(1-2-14(13)17(5-6-17)10-18-15)19-11-3-7-20(8-4-11)16(22)23/h1-2,9,11,19H,3-8,10H2,(H,18,21)(H,22,23). The Morgan fingerprint density at radius 2 is 2.04 bits per heavy atom. The molecule has 2 fully saturated rings. The number of likely N-dealkylation sites (tertiary alicyclic amines) is 1. The second-order valence-corrected chi connectivity index (χ2v) is 6.91. The second-order valence-electron chi connectivity index (χ2n) is 6.91. The quantitative estimate of drug-likeness (QED) is 0.780. The number of carbonyl (C=O) groups is 2. The lowest BCUT2D eigenvalue weighted by molar-refractivity contribution is 0.0937. The maximum atomic E-state index is 12.2. The Labute approximate surface area is 134 Å². The third-order valence-electron chi connectivity index (χ3n) is 5.41. The van der Waals surface area contributed by atoms with Crippen LogP contribution in [0.1, 0.15) is 41.6 Å². The predicted molar refractivity (Wildman–Crippen MR) is 85.9 cm³/mol. The van der Waals surface area contributed by atoms with Crippen LogP contribution in [0, 0.1) is 0 Å². The van der Waals surface area contributed by atoms with Gasteiger partial charge in [-0.15, -0.1) is 0 Å². The predicted octanol–water partition coefficient (Wildman–Crippen LogP) is 2.02. The molecule has 1 saturated carbocycles. The van der Waals surface area contributed by atoms with Gasteiger partial charge in [0.1, 0.15) is 0 Å². The van der Waals surface area contributed by atoms with E-state index >= 15 is 0 Å². The van der Waals surface area contributed by atoms with Crippen molar-refractivity contribution in [2.24, 2.45) is 0 Å². The largest absolute Gasteiger partial charge is 0.465 e. The van der Waals surface area contributed by atoms with Gasteiger partial charge in [-0.25, -0.2) is 4.79 Å². The fourth-order valence-corrected chi connectivity index (χ4v) is 3.77. The number of carboxylic acid groups (broad SMARTS) is 1. The number of hydrogen-bond donors (Lipinski definition) is 3. The first kappa shape index (κ1) is 14.4. The fourth-order valence-electron chi connectivity index (χ4n) is 3.77. The summed E-state index contributed by atoms with van der Waals surface area (Å²) in [6.45, 7) is 1.88. The van der Waals surface area contributed by atoms with E-state index in [1.54, 1.807) is 0 Å². The van der Waals surface area contributed by atoms with Gasteiger partial charge in [0, 0.05) is 42.3 Å². The Morgan fingerprint density at radius 3 is 2.70 bits per heavy atom. The minimum atomic E-state index is -0.844. The maximum absolute atomic E-state index is 12.2. The van der Waals surface area contributed by atoms with Gasteiger partial charge in [-0.3, -0.25) is 4.79 Å². The number of hydrogen-bond acceptors (Lipinski definition) is 3. The zero-order valence-corrected chi connectivity index (χ0v) is 13.0. The van der Waals surface area contributed by atoms with Crippen LogP contribution in [0.2, 0.25) is 0 Å². The van der Waals surface area contributed by atoms with Crippen LogP contribution in [-0.4, -0.2) is 47.7 Å². The molecule has 0 aromatic heterocycles. The highest BCUT2D eigenvalue weighted by Gasteiger charge is 2.48. The van der Waals surface area contributed by atoms with Crippen molar-refractivity contribution in [3.63, 3.8) is 0 Å². The number of benzene rings is 1. The Hall–Kier alpha value is -2.24. The van der Waals surface area contributed by atoms with Crippen LogP contribution in [0.25, 0.3) is 0 Å². The molecule has 0 unspecified atom stereocenters. The molecule has 23 heavy (non-hydrogen) atoms. The van der Waals surface area contributed by atoms with Crippen molar-refractivity contribution in [1.82, 2.24) is 10.2 Å². The molecule has 1 spiro atoms. The van der Waals surface area contributed by atoms with Crippen molar-refractivity contribution in [3.8, 4) is 0 Å². The summed E-state index contributed by atoms with van der Waals surface area (Å²) in [6, 6.07) is 6.36. The Kier molecular flexibility index (Phi) is 3.21. The van der Waals surface area contributed by atoms with Crippen LogP contribution < -0.4 is 10.6 Å². The van der Waals surface area contributed by atoms with Crippen LogP contribution in [-0.2, 0) is 5.41 Å². The van der Waals surface area contributed by atoms with E-state index in [-0.39, 0.29) is 17.4 Å². The van der Waals surface area contributed by atoms with E-state index in [0.29, 0.717) is 13.1 Å². The first-order chi connectivity index (χ1) is 11.1. The maximum Gasteiger partial charge on any atom is 0.407 e. The van der Waals surface area contributed by atoms with E-state index in [0.717, 1.165) is 43.5 Å². The lowest BCUT2D eigenvalue weighted by Crippen LogP contribution is -2.42. The summed E-state index contributed by atoms with van der Waals surface area (Å²) in [4.78, 5) is 24.6. The zero-order chi connectivity index (χ0) is 16.0. The number of amides is 2. The van der Waals surface area contributed by atoms with Crippen molar-refractivity contribution in [1.29, 1.82) is 0 Å². The highest BCUT2D eigenvalue weighted by atomic mass is 16.4. The lowest BCUT2D eigenvalue weighted by Gasteiger charge is -2.31. The normalized spacial score (nSPS) is 22.4. The number of piperidine rings is 1. The molecule has 2 heterocycles. The average Bonchev–Trinajstić information content (AvgIpc) is 3.33. The summed E-state index contributed by atoms with van der Waals surface area (Å²) in [6.07, 6.45) is 3.05. The van der Waals surface area contributed by atoms with Crippen LogP contribution >= 0.6 is 0 Å². The summed E-state index contributed by atoms with van der Waals surface area (Å²) in [5.74, 6) is 0.0156. The molecule has 0 radical (unpaired) electrons. The third kappa shape index (κ3) is 2.52. The molecule has 1 aromatic carbocycles. The monoisotopic (exact) mass is 315 g/mol. The summed E-state index contributed by atoms with van der Waals surface area (Å²) in [7, 11) is 0. The summed E-state index contributed by atoms with van der Waals surface area (Å²) >= 11 is 0. The summed E-state index contributed by atoms with van der Waals surface area (Å²) < 4.78 is 0. The molecule has 122 valence electrons. The topological polar surface area (TPSA) is 81.7 Å². The molecule has 1 aromatic rings. The minimum absolute atomic E-state index is 0.0156. The molecule has 6 nitrogen and oxygen atoms in total. The van der Waals surface area contributed by atoms with Gasteiger partial charge in [0.05, 0.1) is 0 Å². The number of nitrogens with zero attached hydrogens (tertiary/aromatic N) is 1. The van der Waals surface area contributed by atoms with Crippen LogP contribution in [0.15, 0.2) is 18.2 Å². The van der Waals surface area contributed by atoms with Crippen LogP contribution in [0.4, 0.5) is 10.5 Å². The van der Waals surface area contributed by atoms with Crippen molar-refractivity contribution >= 4 is 17.7 Å². The fraction of sp³-hybridized carbons (Fsp3) is 0.529. The molecular formula is C17H21N3O3. The molecule has 1 saturated heterocycles. The van der Waals surface area contributed by atoms with E-state index in [1.165, 1.54) is 10.5 Å². The highest BCUT2D eigenvalue weighted by Crippen LogP contribution is 2.50. The van der Waals surface area contributed by atoms with Crippen LogP contribution in [0.3, 0.4) is 0 Å². The summed E-state index contributed by atoms with van der Waals surface area (Å²) in [5, 5.41) is 15.5. The molecule has 0 atom stereocenters. The van der Waals surface area contributed by atoms with E-state index in [2.05, 4.69) is 22.8 Å². The molecular weight excluding hydrogens is 294 g/mol. The van der Waals surface area contributed by atoms with Gasteiger partial charge < -0.3 is 20.6 Å². The molecule has 6 heteroatoms. The van der Waals surface area contributed by atoms with Gasteiger partial charge in [-0.1, -0.05) is 6.07 Å². The highest BCUT2D eigenvalue weighted by molar-refractivity contribution is 5.98. The molecule has 0 bridgehead atoms. The molecule has 2 amide bonds. The van der Waals surface area contributed by atoms with Gasteiger partial charge in [-0.2, -0.15) is 0 Å². The van der Waals surface area contributed by atoms with Crippen molar-refractivity contribution < 1.29 is 14.7 Å². The number of anilines is 1. The zero-order valence-electron chi connectivity index (χ0n) is 13.0. The van der Waals surface area contributed by atoms with Crippen molar-refractivity contribution in [2.45, 2.75) is 37.1 Å². The number of rotatable bonds is 2. The first-order valence-electron chi connectivity index (χ1n) is 8.25. The molecule has 1 aliphatic carbocycles. The van der Waals surface area contributed by atoms with E-state index in [9.17, 15) is 9.59 Å². The first-order valence-corrected chi connectivity index (χ1v) is 8.25. The lowest BCUT2D eigenvalue weighted by atomic mass is 9.87. The second kappa shape index (κ2) is 5.15. The van der Waals surface area contributed by atoms with Gasteiger partial charge in [0.2, 0.25) is 0 Å². The van der Waals surface area contributed by atoms with E-state index in [4.69, 9.17) is 5.11 Å². The molecule has 4 rings (SSSR count). The van der Waals surface area contributed by atoms with Crippen LogP contribution in [0.5, 0.6) is 0 Å². The molecule has 2 aliphatic heterocycles. The van der Waals surface area contributed by atoms with Crippen molar-refractivity contribution in [2.75, 3.05) is 25.0 Å². The smallest absolute Gasteiger partial charge is 0.407 e.